The number of aliphatic hydroxyl groups is 1. The number of nitrogens with two attached hydrogens (primary N) is 1. The SMILES string of the molecule is CCC(C)(CCO)NC(=O)C1(N)CCC1. The Balaban J connectivity index is 2.54. The molecule has 4 nitrogen and oxygen atoms in total. The van der Waals surface area contributed by atoms with Crippen LogP contribution in [0.3, 0.4) is 0 Å². The minimum Gasteiger partial charge on any atom is -0.396 e. The summed E-state index contributed by atoms with van der Waals surface area (Å²) in [5.41, 5.74) is 4.96. The molecule has 0 aliphatic heterocycles. The monoisotopic (exact) mass is 214 g/mol. The molecule has 88 valence electrons. The molecule has 4 heteroatoms. The lowest BCUT2D eigenvalue weighted by Crippen LogP contribution is -2.62. The topological polar surface area (TPSA) is 75.3 Å². The fourth-order valence-electron chi connectivity index (χ4n) is 1.76. The molecule has 1 aliphatic rings. The highest BCUT2D eigenvalue weighted by molar-refractivity contribution is 5.87. The molecule has 4 N–H and O–H groups in total. The molecule has 0 spiro atoms. The molecule has 0 saturated heterocycles. The number of hydrogen-bond acceptors (Lipinski definition) is 3. The van der Waals surface area contributed by atoms with Crippen LogP contribution >= 0.6 is 0 Å². The molecule has 0 aromatic heterocycles. The summed E-state index contributed by atoms with van der Waals surface area (Å²) in [6.45, 7) is 4.03. The van der Waals surface area contributed by atoms with Gasteiger partial charge in [0.1, 0.15) is 0 Å². The highest BCUT2D eigenvalue weighted by Gasteiger charge is 2.42. The van der Waals surface area contributed by atoms with Crippen LogP contribution in [0, 0.1) is 0 Å². The molecule has 0 heterocycles. The highest BCUT2D eigenvalue weighted by atomic mass is 16.3. The Bertz CT molecular complexity index is 239. The van der Waals surface area contributed by atoms with Gasteiger partial charge in [-0.05, 0) is 39.0 Å². The van der Waals surface area contributed by atoms with E-state index in [1.165, 1.54) is 0 Å². The molecular weight excluding hydrogens is 192 g/mol. The Hall–Kier alpha value is -0.610. The molecule has 0 aromatic carbocycles. The standard InChI is InChI=1S/C11H22N2O2/c1-3-10(2,7-8-14)13-9(15)11(12)5-4-6-11/h14H,3-8,12H2,1-2H3,(H,13,15). The average molecular weight is 214 g/mol. The molecule has 1 rings (SSSR count). The second-order valence-corrected chi connectivity index (χ2v) is 4.85. The van der Waals surface area contributed by atoms with E-state index in [2.05, 4.69) is 5.32 Å². The first kappa shape index (κ1) is 12.5. The molecule has 15 heavy (non-hydrogen) atoms. The van der Waals surface area contributed by atoms with Gasteiger partial charge in [0, 0.05) is 12.1 Å². The molecule has 0 radical (unpaired) electrons. The third-order valence-electron chi connectivity index (χ3n) is 3.56. The smallest absolute Gasteiger partial charge is 0.240 e. The quantitative estimate of drug-likeness (QED) is 0.625. The maximum absolute atomic E-state index is 11.9. The summed E-state index contributed by atoms with van der Waals surface area (Å²) in [6.07, 6.45) is 3.96. The molecule has 1 unspecified atom stereocenters. The Morgan fingerprint density at radius 2 is 2.20 bits per heavy atom. The second-order valence-electron chi connectivity index (χ2n) is 4.85. The number of amides is 1. The van der Waals surface area contributed by atoms with Crippen LogP contribution in [-0.2, 0) is 4.79 Å². The zero-order valence-electron chi connectivity index (χ0n) is 9.68. The molecule has 1 saturated carbocycles. The highest BCUT2D eigenvalue weighted by Crippen LogP contribution is 2.30. The van der Waals surface area contributed by atoms with E-state index in [9.17, 15) is 4.79 Å². The number of carbonyl (C=O) groups excluding carboxylic acids is 1. The summed E-state index contributed by atoms with van der Waals surface area (Å²) in [5, 5.41) is 11.9. The fraction of sp³-hybridized carbons (Fsp3) is 0.909. The van der Waals surface area contributed by atoms with E-state index in [1.807, 2.05) is 13.8 Å². The van der Waals surface area contributed by atoms with Crippen LogP contribution in [0.15, 0.2) is 0 Å². The van der Waals surface area contributed by atoms with Crippen LogP contribution in [-0.4, -0.2) is 28.7 Å². The first-order chi connectivity index (χ1) is 6.96. The molecule has 1 amide bonds. The van der Waals surface area contributed by atoms with Gasteiger partial charge in [-0.15, -0.1) is 0 Å². The normalized spacial score (nSPS) is 22.7. The minimum atomic E-state index is -0.647. The van der Waals surface area contributed by atoms with Gasteiger partial charge in [-0.1, -0.05) is 6.92 Å². The van der Waals surface area contributed by atoms with Crippen molar-refractivity contribution in [3.05, 3.63) is 0 Å². The van der Waals surface area contributed by atoms with Crippen LogP contribution < -0.4 is 11.1 Å². The largest absolute Gasteiger partial charge is 0.396 e. The third kappa shape index (κ3) is 2.69. The Labute approximate surface area is 91.2 Å². The summed E-state index contributed by atoms with van der Waals surface area (Å²) in [5.74, 6) is -0.0634. The van der Waals surface area contributed by atoms with Crippen LogP contribution in [0.2, 0.25) is 0 Å². The van der Waals surface area contributed by atoms with Gasteiger partial charge in [0.25, 0.3) is 0 Å². The molecule has 0 bridgehead atoms. The maximum Gasteiger partial charge on any atom is 0.240 e. The average Bonchev–Trinajstić information content (AvgIpc) is 2.14. The van der Waals surface area contributed by atoms with Crippen LogP contribution in [0.1, 0.15) is 46.0 Å². The molecular formula is C11H22N2O2. The van der Waals surface area contributed by atoms with E-state index < -0.39 is 5.54 Å². The van der Waals surface area contributed by atoms with Gasteiger partial charge in [-0.2, -0.15) is 0 Å². The fourth-order valence-corrected chi connectivity index (χ4v) is 1.76. The number of carbonyl (C=O) groups is 1. The van der Waals surface area contributed by atoms with Gasteiger partial charge in [-0.25, -0.2) is 0 Å². The molecule has 1 aliphatic carbocycles. The summed E-state index contributed by atoms with van der Waals surface area (Å²) < 4.78 is 0. The lowest BCUT2D eigenvalue weighted by Gasteiger charge is -2.40. The maximum atomic E-state index is 11.9. The minimum absolute atomic E-state index is 0.0634. The molecule has 0 aromatic rings. The van der Waals surface area contributed by atoms with Gasteiger partial charge in [0.2, 0.25) is 5.91 Å². The second kappa shape index (κ2) is 4.49. The third-order valence-corrected chi connectivity index (χ3v) is 3.56. The first-order valence-electron chi connectivity index (χ1n) is 5.68. The van der Waals surface area contributed by atoms with E-state index in [0.29, 0.717) is 6.42 Å². The Morgan fingerprint density at radius 1 is 1.60 bits per heavy atom. The van der Waals surface area contributed by atoms with E-state index >= 15 is 0 Å². The van der Waals surface area contributed by atoms with Crippen molar-refractivity contribution in [2.45, 2.75) is 57.0 Å². The van der Waals surface area contributed by atoms with Gasteiger partial charge < -0.3 is 16.2 Å². The zero-order chi connectivity index (χ0) is 11.5. The summed E-state index contributed by atoms with van der Waals surface area (Å²) in [7, 11) is 0. The van der Waals surface area contributed by atoms with Crippen LogP contribution in [0.5, 0.6) is 0 Å². The van der Waals surface area contributed by atoms with Crippen molar-refractivity contribution >= 4 is 5.91 Å². The number of rotatable bonds is 5. The van der Waals surface area contributed by atoms with Crippen molar-refractivity contribution < 1.29 is 9.90 Å². The first-order valence-corrected chi connectivity index (χ1v) is 5.68. The van der Waals surface area contributed by atoms with Crippen molar-refractivity contribution in [2.24, 2.45) is 5.73 Å². The summed E-state index contributed by atoms with van der Waals surface area (Å²) in [6, 6.07) is 0. The molecule has 1 fully saturated rings. The van der Waals surface area contributed by atoms with Crippen molar-refractivity contribution in [1.82, 2.24) is 5.32 Å². The van der Waals surface area contributed by atoms with E-state index in [4.69, 9.17) is 10.8 Å². The van der Waals surface area contributed by atoms with E-state index in [1.54, 1.807) is 0 Å². The Kier molecular flexibility index (Phi) is 3.73. The lowest BCUT2D eigenvalue weighted by atomic mass is 9.76. The molecule has 1 atom stereocenters. The summed E-state index contributed by atoms with van der Waals surface area (Å²) >= 11 is 0. The predicted octanol–water partition coefficient (Wildman–Crippen LogP) is 0.535. The van der Waals surface area contributed by atoms with Gasteiger partial charge in [-0.3, -0.25) is 4.79 Å². The van der Waals surface area contributed by atoms with Crippen molar-refractivity contribution in [3.63, 3.8) is 0 Å². The van der Waals surface area contributed by atoms with Crippen molar-refractivity contribution in [2.75, 3.05) is 6.61 Å². The van der Waals surface area contributed by atoms with Crippen molar-refractivity contribution in [3.8, 4) is 0 Å². The number of hydrogen-bond donors (Lipinski definition) is 3. The lowest BCUT2D eigenvalue weighted by molar-refractivity contribution is -0.131. The zero-order valence-corrected chi connectivity index (χ0v) is 9.68. The predicted molar refractivity (Wildman–Crippen MR) is 59.3 cm³/mol. The van der Waals surface area contributed by atoms with Crippen LogP contribution in [0.4, 0.5) is 0 Å². The van der Waals surface area contributed by atoms with Crippen molar-refractivity contribution in [1.29, 1.82) is 0 Å². The van der Waals surface area contributed by atoms with Crippen LogP contribution in [0.25, 0.3) is 0 Å². The number of aliphatic hydroxyl groups excluding tert-OH is 1. The summed E-state index contributed by atoms with van der Waals surface area (Å²) in [4.78, 5) is 11.9. The number of nitrogens with one attached hydrogen (secondary N) is 1. The van der Waals surface area contributed by atoms with E-state index in [-0.39, 0.29) is 18.1 Å². The van der Waals surface area contributed by atoms with Gasteiger partial charge >= 0.3 is 0 Å². The Morgan fingerprint density at radius 3 is 2.53 bits per heavy atom. The van der Waals surface area contributed by atoms with Gasteiger partial charge in [0.15, 0.2) is 0 Å². The van der Waals surface area contributed by atoms with Gasteiger partial charge in [0.05, 0.1) is 5.54 Å². The van der Waals surface area contributed by atoms with E-state index in [0.717, 1.165) is 25.7 Å².